The summed E-state index contributed by atoms with van der Waals surface area (Å²) in [5, 5.41) is 0. The van der Waals surface area contributed by atoms with E-state index in [1.54, 1.807) is 18.2 Å². The molecule has 2 aromatic rings. The highest BCUT2D eigenvalue weighted by molar-refractivity contribution is 9.10. The van der Waals surface area contributed by atoms with Crippen molar-refractivity contribution in [2.45, 2.75) is 0 Å². The van der Waals surface area contributed by atoms with Gasteiger partial charge in [-0.05, 0) is 12.1 Å². The fourth-order valence-electron chi connectivity index (χ4n) is 1.17. The fourth-order valence-corrected chi connectivity index (χ4v) is 1.66. The molecule has 1 heterocycles. The number of nitrogens with zero attached hydrogens (tertiary/aromatic N) is 1. The lowest BCUT2D eigenvalue weighted by Crippen LogP contribution is -2.09. The van der Waals surface area contributed by atoms with Crippen molar-refractivity contribution in [2.75, 3.05) is 5.73 Å². The van der Waals surface area contributed by atoms with Crippen molar-refractivity contribution in [1.82, 2.24) is 9.97 Å². The predicted molar refractivity (Wildman–Crippen MR) is 63.5 cm³/mol. The average molecular weight is 282 g/mol. The smallest absolute Gasteiger partial charge is 0.311 e. The van der Waals surface area contributed by atoms with E-state index in [0.29, 0.717) is 11.4 Å². The molecular formula is C10H8BrN3O2. The van der Waals surface area contributed by atoms with Crippen LogP contribution in [0.15, 0.2) is 39.9 Å². The lowest BCUT2D eigenvalue weighted by molar-refractivity contribution is 0.454. The van der Waals surface area contributed by atoms with Crippen LogP contribution in [0.1, 0.15) is 0 Å². The van der Waals surface area contributed by atoms with E-state index in [-0.39, 0.29) is 11.4 Å². The van der Waals surface area contributed by atoms with Crippen molar-refractivity contribution in [2.24, 2.45) is 0 Å². The van der Waals surface area contributed by atoms with E-state index in [1.807, 2.05) is 0 Å². The topological polar surface area (TPSA) is 81.0 Å². The summed E-state index contributed by atoms with van der Waals surface area (Å²) in [6.45, 7) is 0. The highest BCUT2D eigenvalue weighted by atomic mass is 79.9. The number of rotatable bonds is 2. The van der Waals surface area contributed by atoms with Gasteiger partial charge < -0.3 is 15.5 Å². The van der Waals surface area contributed by atoms with E-state index >= 15 is 0 Å². The van der Waals surface area contributed by atoms with Crippen molar-refractivity contribution in [3.05, 3.63) is 45.4 Å². The second-order valence-corrected chi connectivity index (χ2v) is 3.96. The molecule has 0 bridgehead atoms. The molecule has 0 atom stereocenters. The van der Waals surface area contributed by atoms with E-state index in [0.717, 1.165) is 4.47 Å². The van der Waals surface area contributed by atoms with E-state index in [2.05, 4.69) is 25.9 Å². The van der Waals surface area contributed by atoms with Crippen LogP contribution in [-0.4, -0.2) is 9.97 Å². The quantitative estimate of drug-likeness (QED) is 0.824. The Hall–Kier alpha value is -1.82. The fraction of sp³-hybridized carbons (Fsp3) is 0. The largest absolute Gasteiger partial charge is 0.435 e. The van der Waals surface area contributed by atoms with Crippen LogP contribution in [0.25, 0.3) is 0 Å². The Morgan fingerprint density at radius 2 is 2.19 bits per heavy atom. The summed E-state index contributed by atoms with van der Waals surface area (Å²) in [5.41, 5.74) is 5.79. The molecule has 0 radical (unpaired) electrons. The molecule has 16 heavy (non-hydrogen) atoms. The summed E-state index contributed by atoms with van der Waals surface area (Å²) in [6.07, 6.45) is 2.88. The monoisotopic (exact) mass is 281 g/mol. The van der Waals surface area contributed by atoms with E-state index in [1.165, 1.54) is 12.4 Å². The first-order valence-corrected chi connectivity index (χ1v) is 5.22. The van der Waals surface area contributed by atoms with Gasteiger partial charge in [0.15, 0.2) is 0 Å². The minimum Gasteiger partial charge on any atom is -0.435 e. The predicted octanol–water partition coefficient (Wildman–Crippen LogP) is 1.91. The first-order valence-electron chi connectivity index (χ1n) is 4.43. The molecule has 0 fully saturated rings. The number of halogens is 1. The van der Waals surface area contributed by atoms with Gasteiger partial charge in [-0.3, -0.25) is 4.79 Å². The molecule has 0 spiro atoms. The van der Waals surface area contributed by atoms with Crippen LogP contribution in [0.4, 0.5) is 5.69 Å². The second-order valence-electron chi connectivity index (χ2n) is 3.05. The number of H-pyrrole nitrogens is 1. The number of hydrogen-bond acceptors (Lipinski definition) is 4. The van der Waals surface area contributed by atoms with E-state index < -0.39 is 0 Å². The van der Waals surface area contributed by atoms with Crippen LogP contribution >= 0.6 is 15.9 Å². The van der Waals surface area contributed by atoms with Crippen LogP contribution in [-0.2, 0) is 0 Å². The lowest BCUT2D eigenvalue weighted by Gasteiger charge is -2.04. The van der Waals surface area contributed by atoms with Gasteiger partial charge in [0, 0.05) is 28.6 Å². The van der Waals surface area contributed by atoms with Gasteiger partial charge >= 0.3 is 5.56 Å². The summed E-state index contributed by atoms with van der Waals surface area (Å²) in [6, 6.07) is 5.04. The molecule has 0 saturated heterocycles. The molecule has 6 heteroatoms. The third-order valence-electron chi connectivity index (χ3n) is 1.78. The Kier molecular flexibility index (Phi) is 2.91. The van der Waals surface area contributed by atoms with Gasteiger partial charge in [0.1, 0.15) is 5.75 Å². The number of hydrogen-bond donors (Lipinski definition) is 2. The Morgan fingerprint density at radius 3 is 2.88 bits per heavy atom. The molecule has 1 aromatic carbocycles. The summed E-state index contributed by atoms with van der Waals surface area (Å²) < 4.78 is 6.08. The standard InChI is InChI=1S/C10H8BrN3O2/c11-6-3-7(12)5-8(4-6)16-10-9(15)13-1-2-14-10/h1-5H,12H2,(H,13,15). The second kappa shape index (κ2) is 4.36. The van der Waals surface area contributed by atoms with Crippen molar-refractivity contribution in [1.29, 1.82) is 0 Å². The zero-order valence-corrected chi connectivity index (χ0v) is 9.69. The van der Waals surface area contributed by atoms with Crippen molar-refractivity contribution < 1.29 is 4.74 Å². The zero-order valence-electron chi connectivity index (χ0n) is 8.11. The molecule has 0 unspecified atom stereocenters. The Labute approximate surface area is 99.4 Å². The molecule has 0 aliphatic rings. The first-order chi connectivity index (χ1) is 7.65. The highest BCUT2D eigenvalue weighted by Gasteiger charge is 2.04. The molecule has 0 aliphatic heterocycles. The average Bonchev–Trinajstić information content (AvgIpc) is 2.20. The van der Waals surface area contributed by atoms with Crippen LogP contribution in [0, 0.1) is 0 Å². The number of ether oxygens (including phenoxy) is 1. The molecule has 1 aromatic heterocycles. The van der Waals surface area contributed by atoms with Crippen molar-refractivity contribution in [3.8, 4) is 11.6 Å². The minimum atomic E-state index is -0.388. The number of nitrogen functional groups attached to an aromatic ring is 1. The SMILES string of the molecule is Nc1cc(Br)cc(Oc2ncc[nH]c2=O)c1. The minimum absolute atomic E-state index is 0.0139. The lowest BCUT2D eigenvalue weighted by atomic mass is 10.3. The van der Waals surface area contributed by atoms with Crippen LogP contribution in [0.5, 0.6) is 11.6 Å². The molecule has 0 aliphatic carbocycles. The molecule has 0 amide bonds. The van der Waals surface area contributed by atoms with Gasteiger partial charge in [-0.15, -0.1) is 0 Å². The van der Waals surface area contributed by atoms with Crippen LogP contribution in [0.3, 0.4) is 0 Å². The number of benzene rings is 1. The Balaban J connectivity index is 2.34. The summed E-state index contributed by atoms with van der Waals surface area (Å²) >= 11 is 3.28. The highest BCUT2D eigenvalue weighted by Crippen LogP contribution is 2.24. The number of aromatic amines is 1. The maximum atomic E-state index is 11.3. The molecule has 2 rings (SSSR count). The third-order valence-corrected chi connectivity index (χ3v) is 2.24. The maximum Gasteiger partial charge on any atom is 0.311 e. The Bertz CT molecular complexity index is 548. The molecule has 0 saturated carbocycles. The maximum absolute atomic E-state index is 11.3. The number of aromatic nitrogens is 2. The zero-order chi connectivity index (χ0) is 11.5. The van der Waals surface area contributed by atoms with Crippen LogP contribution < -0.4 is 16.0 Å². The van der Waals surface area contributed by atoms with Gasteiger partial charge in [-0.25, -0.2) is 4.98 Å². The number of nitrogens with one attached hydrogen (secondary N) is 1. The number of nitrogens with two attached hydrogens (primary N) is 1. The van der Waals surface area contributed by atoms with Gasteiger partial charge in [0.2, 0.25) is 0 Å². The number of anilines is 1. The summed E-state index contributed by atoms with van der Waals surface area (Å²) in [5.74, 6) is 0.441. The first kappa shape index (κ1) is 10.7. The van der Waals surface area contributed by atoms with Crippen LogP contribution in [0.2, 0.25) is 0 Å². The third kappa shape index (κ3) is 2.40. The molecule has 82 valence electrons. The van der Waals surface area contributed by atoms with E-state index in [4.69, 9.17) is 10.5 Å². The molecular weight excluding hydrogens is 274 g/mol. The summed E-state index contributed by atoms with van der Waals surface area (Å²) in [4.78, 5) is 17.6. The Morgan fingerprint density at radius 1 is 1.38 bits per heavy atom. The van der Waals surface area contributed by atoms with Gasteiger partial charge in [0.25, 0.3) is 5.88 Å². The molecule has 5 nitrogen and oxygen atoms in total. The van der Waals surface area contributed by atoms with Gasteiger partial charge in [0.05, 0.1) is 0 Å². The van der Waals surface area contributed by atoms with Gasteiger partial charge in [-0.1, -0.05) is 15.9 Å². The van der Waals surface area contributed by atoms with Crippen molar-refractivity contribution >= 4 is 21.6 Å². The molecule has 3 N–H and O–H groups in total. The van der Waals surface area contributed by atoms with Gasteiger partial charge in [-0.2, -0.15) is 0 Å². The summed E-state index contributed by atoms with van der Waals surface area (Å²) in [7, 11) is 0. The van der Waals surface area contributed by atoms with Crippen molar-refractivity contribution in [3.63, 3.8) is 0 Å². The normalized spacial score (nSPS) is 10.1. The van der Waals surface area contributed by atoms with E-state index in [9.17, 15) is 4.79 Å².